The Labute approximate surface area is 103 Å². The largest absolute Gasteiger partial charge is 0.507 e. The lowest BCUT2D eigenvalue weighted by molar-refractivity contribution is 0.472. The third-order valence-corrected chi connectivity index (χ3v) is 3.25. The monoisotopic (exact) mass is 226 g/mol. The van der Waals surface area contributed by atoms with Gasteiger partial charge < -0.3 is 5.11 Å². The summed E-state index contributed by atoms with van der Waals surface area (Å²) in [7, 11) is 0. The summed E-state index contributed by atoms with van der Waals surface area (Å²) in [4.78, 5) is 0. The zero-order valence-corrected chi connectivity index (χ0v) is 10.8. The number of phenolic OH excluding ortho intramolecular Hbond substituents is 1. The molecule has 2 rings (SSSR count). The molecule has 0 heterocycles. The van der Waals surface area contributed by atoms with Gasteiger partial charge in [-0.25, -0.2) is 0 Å². The fourth-order valence-corrected chi connectivity index (χ4v) is 2.14. The molecule has 0 radical (unpaired) electrons. The van der Waals surface area contributed by atoms with E-state index in [-0.39, 0.29) is 0 Å². The van der Waals surface area contributed by atoms with Gasteiger partial charge in [-0.2, -0.15) is 0 Å². The first-order valence-corrected chi connectivity index (χ1v) is 5.87. The van der Waals surface area contributed by atoms with Crippen molar-refractivity contribution in [2.24, 2.45) is 0 Å². The van der Waals surface area contributed by atoms with Crippen LogP contribution in [0.1, 0.15) is 22.3 Å². The number of hydrogen-bond acceptors (Lipinski definition) is 1. The van der Waals surface area contributed by atoms with Crippen molar-refractivity contribution in [3.8, 4) is 16.9 Å². The number of aryl methyl sites for hydroxylation is 4. The minimum absolute atomic E-state index is 0.402. The molecule has 1 N–H and O–H groups in total. The fourth-order valence-electron chi connectivity index (χ4n) is 2.14. The molecule has 0 saturated heterocycles. The number of aromatic hydroxyl groups is 1. The molecule has 88 valence electrons. The molecule has 1 heteroatoms. The van der Waals surface area contributed by atoms with Crippen LogP contribution in [-0.2, 0) is 0 Å². The summed E-state index contributed by atoms with van der Waals surface area (Å²) in [6.45, 7) is 8.13. The maximum Gasteiger partial charge on any atom is 0.126 e. The van der Waals surface area contributed by atoms with Crippen molar-refractivity contribution in [3.05, 3.63) is 52.6 Å². The lowest BCUT2D eigenvalue weighted by Crippen LogP contribution is -1.90. The molecule has 0 amide bonds. The van der Waals surface area contributed by atoms with Gasteiger partial charge in [0.2, 0.25) is 0 Å². The predicted molar refractivity (Wildman–Crippen MR) is 72.5 cm³/mol. The van der Waals surface area contributed by atoms with E-state index in [1.807, 2.05) is 19.9 Å². The molecule has 0 atom stereocenters. The minimum Gasteiger partial charge on any atom is -0.507 e. The molecule has 17 heavy (non-hydrogen) atoms. The van der Waals surface area contributed by atoms with E-state index in [2.05, 4.69) is 38.1 Å². The molecule has 0 saturated carbocycles. The van der Waals surface area contributed by atoms with E-state index < -0.39 is 0 Å². The maximum absolute atomic E-state index is 10.2. The molecule has 0 unspecified atom stereocenters. The molecule has 0 aromatic heterocycles. The predicted octanol–water partition coefficient (Wildman–Crippen LogP) is 4.29. The topological polar surface area (TPSA) is 20.2 Å². The second kappa shape index (κ2) is 4.25. The molecule has 0 aliphatic heterocycles. The molecule has 0 fully saturated rings. The van der Waals surface area contributed by atoms with Gasteiger partial charge in [0, 0.05) is 5.56 Å². The minimum atomic E-state index is 0.402. The van der Waals surface area contributed by atoms with Gasteiger partial charge in [-0.15, -0.1) is 0 Å². The number of benzene rings is 2. The molecule has 0 aliphatic carbocycles. The first-order valence-electron chi connectivity index (χ1n) is 5.87. The van der Waals surface area contributed by atoms with Crippen molar-refractivity contribution in [2.75, 3.05) is 0 Å². The Kier molecular flexibility index (Phi) is 2.93. The van der Waals surface area contributed by atoms with Gasteiger partial charge in [-0.05, 0) is 49.9 Å². The van der Waals surface area contributed by atoms with Gasteiger partial charge >= 0.3 is 0 Å². The Morgan fingerprint density at radius 2 is 1.35 bits per heavy atom. The van der Waals surface area contributed by atoms with Crippen molar-refractivity contribution in [1.82, 2.24) is 0 Å². The van der Waals surface area contributed by atoms with Crippen LogP contribution in [0.25, 0.3) is 11.1 Å². The summed E-state index contributed by atoms with van der Waals surface area (Å²) >= 11 is 0. The third kappa shape index (κ3) is 2.05. The fraction of sp³-hybridized carbons (Fsp3) is 0.250. The first kappa shape index (κ1) is 11.7. The van der Waals surface area contributed by atoms with Crippen molar-refractivity contribution in [3.63, 3.8) is 0 Å². The maximum atomic E-state index is 10.2. The Morgan fingerprint density at radius 1 is 0.765 bits per heavy atom. The van der Waals surface area contributed by atoms with Gasteiger partial charge in [-0.3, -0.25) is 0 Å². The first-order chi connectivity index (χ1) is 8.00. The van der Waals surface area contributed by atoms with Crippen LogP contribution in [0.15, 0.2) is 30.3 Å². The van der Waals surface area contributed by atoms with Gasteiger partial charge in [0.25, 0.3) is 0 Å². The molecule has 1 nitrogen and oxygen atoms in total. The van der Waals surface area contributed by atoms with Crippen LogP contribution in [0.5, 0.6) is 5.75 Å². The van der Waals surface area contributed by atoms with E-state index in [4.69, 9.17) is 0 Å². The lowest BCUT2D eigenvalue weighted by atomic mass is 9.93. The van der Waals surface area contributed by atoms with E-state index >= 15 is 0 Å². The van der Waals surface area contributed by atoms with E-state index in [0.717, 1.165) is 22.3 Å². The molecule has 0 spiro atoms. The normalized spacial score (nSPS) is 10.6. The van der Waals surface area contributed by atoms with Crippen molar-refractivity contribution < 1.29 is 5.11 Å². The van der Waals surface area contributed by atoms with Crippen LogP contribution in [0.2, 0.25) is 0 Å². The highest BCUT2D eigenvalue weighted by atomic mass is 16.3. The standard InChI is InChI=1S/C16H18O/c1-10-5-6-11(2)14(9-10)15-12(3)7-8-13(4)16(15)17/h5-9,17H,1-4H3. The lowest BCUT2D eigenvalue weighted by Gasteiger charge is -2.14. The highest BCUT2D eigenvalue weighted by Gasteiger charge is 2.12. The summed E-state index contributed by atoms with van der Waals surface area (Å²) in [6.07, 6.45) is 0. The highest BCUT2D eigenvalue weighted by Crippen LogP contribution is 2.36. The van der Waals surface area contributed by atoms with E-state index in [9.17, 15) is 5.11 Å². The van der Waals surface area contributed by atoms with Crippen LogP contribution in [0, 0.1) is 27.7 Å². The quantitative estimate of drug-likeness (QED) is 0.769. The molecular formula is C16H18O. The zero-order valence-electron chi connectivity index (χ0n) is 10.8. The van der Waals surface area contributed by atoms with Crippen LogP contribution >= 0.6 is 0 Å². The molecule has 0 aliphatic rings. The summed E-state index contributed by atoms with van der Waals surface area (Å²) < 4.78 is 0. The molecule has 2 aromatic rings. The Morgan fingerprint density at radius 3 is 2.06 bits per heavy atom. The van der Waals surface area contributed by atoms with Gasteiger partial charge in [-0.1, -0.05) is 35.9 Å². The Balaban J connectivity index is 2.76. The van der Waals surface area contributed by atoms with Crippen molar-refractivity contribution in [1.29, 1.82) is 0 Å². The van der Waals surface area contributed by atoms with Crippen LogP contribution in [0.4, 0.5) is 0 Å². The highest BCUT2D eigenvalue weighted by molar-refractivity contribution is 5.77. The average Bonchev–Trinajstić information content (AvgIpc) is 2.29. The zero-order chi connectivity index (χ0) is 12.6. The average molecular weight is 226 g/mol. The third-order valence-electron chi connectivity index (χ3n) is 3.25. The van der Waals surface area contributed by atoms with Gasteiger partial charge in [0.1, 0.15) is 5.75 Å². The summed E-state index contributed by atoms with van der Waals surface area (Å²) in [6, 6.07) is 10.4. The number of hydrogen-bond donors (Lipinski definition) is 1. The molecular weight excluding hydrogens is 208 g/mol. The van der Waals surface area contributed by atoms with E-state index in [1.54, 1.807) is 0 Å². The Hall–Kier alpha value is -1.76. The van der Waals surface area contributed by atoms with Crippen LogP contribution in [-0.4, -0.2) is 5.11 Å². The van der Waals surface area contributed by atoms with Crippen molar-refractivity contribution >= 4 is 0 Å². The van der Waals surface area contributed by atoms with Gasteiger partial charge in [0.05, 0.1) is 0 Å². The number of rotatable bonds is 1. The summed E-state index contributed by atoms with van der Waals surface area (Å²) in [5.74, 6) is 0.402. The summed E-state index contributed by atoms with van der Waals surface area (Å²) in [5, 5.41) is 10.2. The van der Waals surface area contributed by atoms with Crippen LogP contribution < -0.4 is 0 Å². The molecule has 0 bridgehead atoms. The molecule has 2 aromatic carbocycles. The number of phenols is 1. The smallest absolute Gasteiger partial charge is 0.126 e. The van der Waals surface area contributed by atoms with E-state index in [0.29, 0.717) is 5.75 Å². The van der Waals surface area contributed by atoms with Gasteiger partial charge in [0.15, 0.2) is 0 Å². The van der Waals surface area contributed by atoms with Crippen molar-refractivity contribution in [2.45, 2.75) is 27.7 Å². The van der Waals surface area contributed by atoms with E-state index in [1.165, 1.54) is 11.1 Å². The summed E-state index contributed by atoms with van der Waals surface area (Å²) in [5.41, 5.74) is 6.54. The SMILES string of the molecule is Cc1ccc(C)c(-c2c(C)ccc(C)c2O)c1. The second-order valence-corrected chi connectivity index (χ2v) is 4.74. The Bertz CT molecular complexity index is 568. The van der Waals surface area contributed by atoms with Crippen LogP contribution in [0.3, 0.4) is 0 Å². The second-order valence-electron chi connectivity index (χ2n) is 4.74.